The van der Waals surface area contributed by atoms with Gasteiger partial charge in [0.25, 0.3) is 0 Å². The van der Waals surface area contributed by atoms with Crippen LogP contribution in [0.2, 0.25) is 0 Å². The number of likely N-dealkylation sites (tertiary alicyclic amines) is 1. The highest BCUT2D eigenvalue weighted by atomic mass is 15.1. The first-order chi connectivity index (χ1) is 7.74. The minimum Gasteiger partial charge on any atom is -0.314 e. The molecule has 1 rings (SSSR count). The number of nitrogens with one attached hydrogen (secondary N) is 1. The van der Waals surface area contributed by atoms with Gasteiger partial charge in [-0.1, -0.05) is 20.3 Å². The van der Waals surface area contributed by atoms with E-state index in [9.17, 15) is 0 Å². The van der Waals surface area contributed by atoms with E-state index >= 15 is 0 Å². The first-order valence-corrected chi connectivity index (χ1v) is 7.19. The zero-order valence-corrected chi connectivity index (χ0v) is 11.5. The number of rotatable bonds is 8. The molecule has 0 aliphatic carbocycles. The van der Waals surface area contributed by atoms with Gasteiger partial charge in [-0.3, -0.25) is 0 Å². The summed E-state index contributed by atoms with van der Waals surface area (Å²) in [5.41, 5.74) is 0. The highest BCUT2D eigenvalue weighted by Gasteiger charge is 2.11. The quantitative estimate of drug-likeness (QED) is 0.640. The summed E-state index contributed by atoms with van der Waals surface area (Å²) in [5, 5.41) is 3.64. The van der Waals surface area contributed by atoms with Gasteiger partial charge in [0.05, 0.1) is 0 Å². The van der Waals surface area contributed by atoms with Crippen molar-refractivity contribution in [1.82, 2.24) is 10.2 Å². The molecule has 2 unspecified atom stereocenters. The minimum absolute atomic E-state index is 0.678. The average Bonchev–Trinajstić information content (AvgIpc) is 2.80. The Morgan fingerprint density at radius 1 is 1.12 bits per heavy atom. The van der Waals surface area contributed by atoms with E-state index in [1.165, 1.54) is 58.3 Å². The molecule has 0 aromatic rings. The fraction of sp³-hybridized carbons (Fsp3) is 1.00. The lowest BCUT2D eigenvalue weighted by molar-refractivity contribution is 0.323. The summed E-state index contributed by atoms with van der Waals surface area (Å²) in [6, 6.07) is 0.678. The zero-order valence-electron chi connectivity index (χ0n) is 11.5. The molecule has 0 saturated carbocycles. The van der Waals surface area contributed by atoms with Crippen LogP contribution < -0.4 is 5.32 Å². The molecule has 1 aliphatic heterocycles. The van der Waals surface area contributed by atoms with E-state index in [-0.39, 0.29) is 0 Å². The van der Waals surface area contributed by atoms with Crippen LogP contribution in [0.25, 0.3) is 0 Å². The van der Waals surface area contributed by atoms with Crippen molar-refractivity contribution in [1.29, 1.82) is 0 Å². The molecule has 16 heavy (non-hydrogen) atoms. The first kappa shape index (κ1) is 14.0. The maximum absolute atomic E-state index is 3.64. The molecule has 1 saturated heterocycles. The predicted molar refractivity (Wildman–Crippen MR) is 71.8 cm³/mol. The molecule has 0 aromatic carbocycles. The molecule has 0 amide bonds. The van der Waals surface area contributed by atoms with Crippen LogP contribution in [0.3, 0.4) is 0 Å². The second-order valence-electron chi connectivity index (χ2n) is 5.38. The van der Waals surface area contributed by atoms with Crippen LogP contribution >= 0.6 is 0 Å². The lowest BCUT2D eigenvalue weighted by Crippen LogP contribution is -2.33. The minimum atomic E-state index is 0.678. The Balaban J connectivity index is 1.91. The first-order valence-electron chi connectivity index (χ1n) is 7.19. The van der Waals surface area contributed by atoms with E-state index in [1.54, 1.807) is 0 Å². The summed E-state index contributed by atoms with van der Waals surface area (Å²) < 4.78 is 0. The van der Waals surface area contributed by atoms with Crippen molar-refractivity contribution in [3.8, 4) is 0 Å². The van der Waals surface area contributed by atoms with E-state index in [2.05, 4.69) is 31.0 Å². The van der Waals surface area contributed by atoms with Crippen molar-refractivity contribution in [3.63, 3.8) is 0 Å². The van der Waals surface area contributed by atoms with Gasteiger partial charge >= 0.3 is 0 Å². The van der Waals surface area contributed by atoms with Gasteiger partial charge in [0, 0.05) is 6.04 Å². The third-order valence-corrected chi connectivity index (χ3v) is 4.06. The fourth-order valence-electron chi connectivity index (χ4n) is 2.35. The topological polar surface area (TPSA) is 15.3 Å². The molecule has 0 aromatic heterocycles. The lowest BCUT2D eigenvalue weighted by Gasteiger charge is -2.20. The Kier molecular flexibility index (Phi) is 7.06. The summed E-state index contributed by atoms with van der Waals surface area (Å²) in [7, 11) is 0. The van der Waals surface area contributed by atoms with E-state index in [0.29, 0.717) is 6.04 Å². The highest BCUT2D eigenvalue weighted by molar-refractivity contribution is 4.68. The molecule has 0 spiro atoms. The summed E-state index contributed by atoms with van der Waals surface area (Å²) >= 11 is 0. The molecule has 0 radical (unpaired) electrons. The molecule has 2 atom stereocenters. The number of hydrogen-bond acceptors (Lipinski definition) is 2. The van der Waals surface area contributed by atoms with Crippen LogP contribution in [0, 0.1) is 5.92 Å². The van der Waals surface area contributed by atoms with E-state index < -0.39 is 0 Å². The van der Waals surface area contributed by atoms with Crippen LogP contribution in [0.1, 0.15) is 52.9 Å². The second-order valence-corrected chi connectivity index (χ2v) is 5.38. The maximum atomic E-state index is 3.64. The van der Waals surface area contributed by atoms with Crippen molar-refractivity contribution >= 4 is 0 Å². The Hall–Kier alpha value is -0.0800. The molecule has 1 fully saturated rings. The summed E-state index contributed by atoms with van der Waals surface area (Å²) in [6.07, 6.45) is 6.81. The largest absolute Gasteiger partial charge is 0.314 e. The Bertz CT molecular complexity index is 164. The lowest BCUT2D eigenvalue weighted by atomic mass is 10.0. The molecular weight excluding hydrogens is 196 g/mol. The molecular formula is C14H30N2. The van der Waals surface area contributed by atoms with E-state index in [1.807, 2.05) is 0 Å². The van der Waals surface area contributed by atoms with Gasteiger partial charge in [0.2, 0.25) is 0 Å². The highest BCUT2D eigenvalue weighted by Crippen LogP contribution is 2.09. The zero-order chi connectivity index (χ0) is 11.8. The SMILES string of the molecule is CCC(C)C(C)NCCCCN1CCCC1. The number of hydrogen-bond donors (Lipinski definition) is 1. The summed E-state index contributed by atoms with van der Waals surface area (Å²) in [4.78, 5) is 2.61. The average molecular weight is 226 g/mol. The normalized spacial score (nSPS) is 21.2. The van der Waals surface area contributed by atoms with Gasteiger partial charge in [0.1, 0.15) is 0 Å². The standard InChI is InChI=1S/C14H30N2/c1-4-13(2)14(3)15-9-5-6-10-16-11-7-8-12-16/h13-15H,4-12H2,1-3H3. The van der Waals surface area contributed by atoms with Crippen LogP contribution in [0.5, 0.6) is 0 Å². The fourth-order valence-corrected chi connectivity index (χ4v) is 2.35. The van der Waals surface area contributed by atoms with Crippen LogP contribution in [-0.2, 0) is 0 Å². The third kappa shape index (κ3) is 5.31. The number of nitrogens with zero attached hydrogens (tertiary/aromatic N) is 1. The second kappa shape index (κ2) is 8.08. The molecule has 2 nitrogen and oxygen atoms in total. The number of unbranched alkanes of at least 4 members (excludes halogenated alkanes) is 1. The van der Waals surface area contributed by atoms with Crippen molar-refractivity contribution in [2.75, 3.05) is 26.2 Å². The Morgan fingerprint density at radius 2 is 1.81 bits per heavy atom. The van der Waals surface area contributed by atoms with Crippen molar-refractivity contribution in [2.45, 2.75) is 58.9 Å². The molecule has 1 aliphatic rings. The Morgan fingerprint density at radius 3 is 2.44 bits per heavy atom. The summed E-state index contributed by atoms with van der Waals surface area (Å²) in [6.45, 7) is 12.1. The van der Waals surface area contributed by atoms with Crippen LogP contribution in [-0.4, -0.2) is 37.1 Å². The molecule has 0 bridgehead atoms. The molecule has 1 N–H and O–H groups in total. The Labute approximate surface area is 102 Å². The summed E-state index contributed by atoms with van der Waals surface area (Å²) in [5.74, 6) is 0.804. The van der Waals surface area contributed by atoms with Crippen molar-refractivity contribution in [2.24, 2.45) is 5.92 Å². The van der Waals surface area contributed by atoms with Crippen molar-refractivity contribution in [3.05, 3.63) is 0 Å². The van der Waals surface area contributed by atoms with Gasteiger partial charge in [-0.05, 0) is 64.7 Å². The molecule has 96 valence electrons. The van der Waals surface area contributed by atoms with Crippen molar-refractivity contribution < 1.29 is 0 Å². The van der Waals surface area contributed by atoms with Gasteiger partial charge in [-0.2, -0.15) is 0 Å². The van der Waals surface area contributed by atoms with Gasteiger partial charge in [-0.15, -0.1) is 0 Å². The van der Waals surface area contributed by atoms with E-state index in [0.717, 1.165) is 5.92 Å². The van der Waals surface area contributed by atoms with Crippen LogP contribution in [0.15, 0.2) is 0 Å². The third-order valence-electron chi connectivity index (χ3n) is 4.06. The van der Waals surface area contributed by atoms with Gasteiger partial charge in [-0.25, -0.2) is 0 Å². The molecule has 2 heteroatoms. The smallest absolute Gasteiger partial charge is 0.00642 e. The van der Waals surface area contributed by atoms with E-state index in [4.69, 9.17) is 0 Å². The van der Waals surface area contributed by atoms with Gasteiger partial charge in [0.15, 0.2) is 0 Å². The van der Waals surface area contributed by atoms with Crippen LogP contribution in [0.4, 0.5) is 0 Å². The monoisotopic (exact) mass is 226 g/mol. The predicted octanol–water partition coefficient (Wildman–Crippen LogP) is 2.89. The van der Waals surface area contributed by atoms with Gasteiger partial charge < -0.3 is 10.2 Å². The maximum Gasteiger partial charge on any atom is 0.00642 e. The molecule has 1 heterocycles.